The van der Waals surface area contributed by atoms with Crippen molar-refractivity contribution in [2.75, 3.05) is 13.1 Å². The molecule has 0 unspecified atom stereocenters. The van der Waals surface area contributed by atoms with Crippen LogP contribution in [0.15, 0.2) is 58.6 Å². The molecule has 2 aromatic rings. The van der Waals surface area contributed by atoms with E-state index in [-0.39, 0.29) is 0 Å². The van der Waals surface area contributed by atoms with E-state index in [1.807, 2.05) is 36.4 Å². The summed E-state index contributed by atoms with van der Waals surface area (Å²) in [5.74, 6) is 1.15. The van der Waals surface area contributed by atoms with Crippen molar-refractivity contribution >= 4 is 28.9 Å². The van der Waals surface area contributed by atoms with Crippen LogP contribution in [-0.4, -0.2) is 33.9 Å². The first-order valence-electron chi connectivity index (χ1n) is 8.95. The van der Waals surface area contributed by atoms with Crippen molar-refractivity contribution in [1.82, 2.24) is 4.31 Å². The van der Waals surface area contributed by atoms with Crippen molar-refractivity contribution in [2.45, 2.75) is 31.0 Å². The fourth-order valence-electron chi connectivity index (χ4n) is 3.92. The van der Waals surface area contributed by atoms with Gasteiger partial charge in [0.25, 0.3) is 0 Å². The Labute approximate surface area is 151 Å². The molecule has 0 radical (unpaired) electrons. The Bertz CT molecular complexity index is 959. The number of hydrogen-bond donors (Lipinski definition) is 0. The van der Waals surface area contributed by atoms with Gasteiger partial charge >= 0.3 is 0 Å². The van der Waals surface area contributed by atoms with E-state index >= 15 is 0 Å². The second-order valence-corrected chi connectivity index (χ2v) is 15.5. The topological polar surface area (TPSA) is 37.4 Å². The van der Waals surface area contributed by atoms with Crippen molar-refractivity contribution in [3.8, 4) is 0 Å². The molecule has 2 atom stereocenters. The van der Waals surface area contributed by atoms with Crippen LogP contribution in [0, 0.1) is 11.8 Å². The molecule has 2 fully saturated rings. The van der Waals surface area contributed by atoms with Gasteiger partial charge in [-0.2, -0.15) is 4.31 Å². The Morgan fingerprint density at radius 1 is 1.08 bits per heavy atom. The molecule has 0 N–H and O–H groups in total. The third-order valence-corrected chi connectivity index (χ3v) is 8.22. The number of fused-ring (bicyclic) bond motifs is 2. The molecule has 0 bridgehead atoms. The zero-order valence-corrected chi connectivity index (χ0v) is 16.9. The normalized spacial score (nSPS) is 26.0. The van der Waals surface area contributed by atoms with Gasteiger partial charge in [-0.1, -0.05) is 61.2 Å². The summed E-state index contributed by atoms with van der Waals surface area (Å²) in [5.41, 5.74) is 3.78. The van der Waals surface area contributed by atoms with Gasteiger partial charge in [0.05, 0.1) is 13.0 Å². The summed E-state index contributed by atoms with van der Waals surface area (Å²) in [6.07, 6.45) is 1.15. The van der Waals surface area contributed by atoms with Crippen molar-refractivity contribution in [1.29, 1.82) is 0 Å². The van der Waals surface area contributed by atoms with Crippen LogP contribution in [0.2, 0.25) is 19.6 Å². The molecule has 1 saturated heterocycles. The Balaban J connectivity index is 1.68. The van der Waals surface area contributed by atoms with Crippen LogP contribution in [0.25, 0.3) is 10.8 Å². The minimum Gasteiger partial charge on any atom is -0.207 e. The van der Waals surface area contributed by atoms with Gasteiger partial charge in [-0.3, -0.25) is 0 Å². The lowest BCUT2D eigenvalue weighted by Gasteiger charge is -2.29. The first-order valence-corrected chi connectivity index (χ1v) is 14.0. The molecule has 1 heterocycles. The fourth-order valence-corrected chi connectivity index (χ4v) is 6.86. The lowest BCUT2D eigenvalue weighted by atomic mass is 10.1. The maximum atomic E-state index is 13.2. The second kappa shape index (κ2) is 5.79. The molecular weight excluding hydrogens is 346 g/mol. The molecule has 3 nitrogen and oxygen atoms in total. The van der Waals surface area contributed by atoms with Crippen LogP contribution < -0.4 is 0 Å². The van der Waals surface area contributed by atoms with Crippen LogP contribution in [-0.2, 0) is 10.0 Å². The monoisotopic (exact) mass is 371 g/mol. The smallest absolute Gasteiger partial charge is 0.207 e. The van der Waals surface area contributed by atoms with E-state index in [0.29, 0.717) is 29.8 Å². The molecule has 1 aliphatic carbocycles. The zero-order valence-electron chi connectivity index (χ0n) is 15.1. The van der Waals surface area contributed by atoms with Gasteiger partial charge in [0, 0.05) is 13.1 Å². The highest BCUT2D eigenvalue weighted by atomic mass is 32.2. The molecule has 25 heavy (non-hydrogen) atoms. The Morgan fingerprint density at radius 2 is 1.80 bits per heavy atom. The third kappa shape index (κ3) is 3.33. The average molecular weight is 372 g/mol. The van der Waals surface area contributed by atoms with E-state index in [1.165, 1.54) is 5.57 Å². The van der Waals surface area contributed by atoms with Crippen LogP contribution in [0.1, 0.15) is 6.42 Å². The molecule has 1 saturated carbocycles. The van der Waals surface area contributed by atoms with E-state index in [0.717, 1.165) is 17.2 Å². The summed E-state index contributed by atoms with van der Waals surface area (Å²) in [6, 6.07) is 13.4. The molecule has 0 amide bonds. The predicted octanol–water partition coefficient (Wildman–Crippen LogP) is 4.28. The second-order valence-electron chi connectivity index (χ2n) is 8.49. The maximum absolute atomic E-state index is 13.2. The summed E-state index contributed by atoms with van der Waals surface area (Å²) in [5, 5.41) is 2.05. The Morgan fingerprint density at radius 3 is 2.52 bits per heavy atom. The van der Waals surface area contributed by atoms with Gasteiger partial charge in [0.2, 0.25) is 10.0 Å². The quantitative estimate of drug-likeness (QED) is 0.755. The van der Waals surface area contributed by atoms with E-state index in [1.54, 1.807) is 10.4 Å². The SMILES string of the molecule is C[Si](C)(C)/C=C1/CN(S(=O)(=O)c2ccc3ccccc3c2)C[C@@H]2C[C@H]12. The van der Waals surface area contributed by atoms with E-state index in [9.17, 15) is 8.42 Å². The maximum Gasteiger partial charge on any atom is 0.243 e. The van der Waals surface area contributed by atoms with Gasteiger partial charge in [-0.25, -0.2) is 8.42 Å². The molecule has 0 spiro atoms. The highest BCUT2D eigenvalue weighted by Crippen LogP contribution is 2.49. The lowest BCUT2D eigenvalue weighted by Crippen LogP contribution is -2.38. The van der Waals surface area contributed by atoms with Gasteiger partial charge in [-0.05, 0) is 41.2 Å². The van der Waals surface area contributed by atoms with Crippen LogP contribution in [0.5, 0.6) is 0 Å². The van der Waals surface area contributed by atoms with Crippen LogP contribution in [0.4, 0.5) is 0 Å². The third-order valence-electron chi connectivity index (χ3n) is 5.17. The summed E-state index contributed by atoms with van der Waals surface area (Å²) in [4.78, 5) is 0.414. The van der Waals surface area contributed by atoms with Crippen molar-refractivity contribution < 1.29 is 8.42 Å². The van der Waals surface area contributed by atoms with Gasteiger partial charge < -0.3 is 0 Å². The highest BCUT2D eigenvalue weighted by Gasteiger charge is 2.47. The molecule has 5 heteroatoms. The summed E-state index contributed by atoms with van der Waals surface area (Å²) < 4.78 is 28.1. The van der Waals surface area contributed by atoms with Crippen molar-refractivity contribution in [3.63, 3.8) is 0 Å². The van der Waals surface area contributed by atoms with E-state index in [2.05, 4.69) is 25.3 Å². The lowest BCUT2D eigenvalue weighted by molar-refractivity contribution is 0.382. The molecule has 2 aromatic carbocycles. The summed E-state index contributed by atoms with van der Waals surface area (Å²) in [7, 11) is -4.79. The van der Waals surface area contributed by atoms with Crippen LogP contribution >= 0.6 is 0 Å². The molecule has 132 valence electrons. The summed E-state index contributed by atoms with van der Waals surface area (Å²) >= 11 is 0. The first kappa shape index (κ1) is 17.0. The van der Waals surface area contributed by atoms with Gasteiger partial charge in [0.15, 0.2) is 0 Å². The predicted molar refractivity (Wildman–Crippen MR) is 106 cm³/mol. The van der Waals surface area contributed by atoms with E-state index in [4.69, 9.17) is 0 Å². The van der Waals surface area contributed by atoms with E-state index < -0.39 is 18.1 Å². The number of rotatable bonds is 3. The van der Waals surface area contributed by atoms with Crippen molar-refractivity contribution in [2.24, 2.45) is 11.8 Å². The van der Waals surface area contributed by atoms with Gasteiger partial charge in [-0.15, -0.1) is 0 Å². The number of benzene rings is 2. The molecule has 0 aromatic heterocycles. The molecule has 1 aliphatic heterocycles. The standard InChI is InChI=1S/C20H25NO2SSi/c1-25(2,3)14-18-13-21(12-17-11-20(17)18)24(22,23)19-9-8-15-6-4-5-7-16(15)10-19/h4-10,14,17,20H,11-13H2,1-3H3/b18-14-/t17-,20-/m0/s1. The Kier molecular flexibility index (Phi) is 3.94. The van der Waals surface area contributed by atoms with Gasteiger partial charge in [0.1, 0.15) is 0 Å². The number of nitrogens with zero attached hydrogens (tertiary/aromatic N) is 1. The molecule has 4 rings (SSSR count). The zero-order chi connectivity index (χ0) is 17.8. The number of piperidine rings is 1. The number of sulfonamides is 1. The highest BCUT2D eigenvalue weighted by molar-refractivity contribution is 7.89. The minimum atomic E-state index is -3.44. The largest absolute Gasteiger partial charge is 0.243 e. The average Bonchev–Trinajstić information content (AvgIpc) is 3.33. The van der Waals surface area contributed by atoms with Crippen LogP contribution in [0.3, 0.4) is 0 Å². The first-order chi connectivity index (χ1) is 11.7. The Hall–Kier alpha value is -1.43. The summed E-state index contributed by atoms with van der Waals surface area (Å²) in [6.45, 7) is 8.18. The minimum absolute atomic E-state index is 0.414. The van der Waals surface area contributed by atoms with Crippen molar-refractivity contribution in [3.05, 3.63) is 53.7 Å². The fraction of sp³-hybridized carbons (Fsp3) is 0.400. The molecular formula is C20H25NO2SSi. The molecule has 2 aliphatic rings. The number of hydrogen-bond acceptors (Lipinski definition) is 2.